The molecule has 124 valence electrons. The Hall–Kier alpha value is -2.34. The summed E-state index contributed by atoms with van der Waals surface area (Å²) < 4.78 is 4.00. The molecule has 1 N–H and O–H groups in total. The second kappa shape index (κ2) is 6.65. The Bertz CT molecular complexity index is 958. The number of hydrogen-bond acceptors (Lipinski definition) is 2. The van der Waals surface area contributed by atoms with Crippen LogP contribution in [-0.2, 0) is 18.4 Å². The molecule has 24 heavy (non-hydrogen) atoms. The summed E-state index contributed by atoms with van der Waals surface area (Å²) in [6.45, 7) is 1.92. The molecule has 0 spiro atoms. The minimum atomic E-state index is -0.197. The first-order valence-corrected chi connectivity index (χ1v) is 8.46. The Balaban J connectivity index is 1.82. The van der Waals surface area contributed by atoms with Crippen LogP contribution in [-0.4, -0.2) is 15.0 Å². The number of carbonyl (C=O) groups excluding carboxylic acids is 1. The predicted molar refractivity (Wildman–Crippen MR) is 97.9 cm³/mol. The number of nitrogens with one attached hydrogen (secondary N) is 1. The second-order valence-corrected chi connectivity index (χ2v) is 6.58. The number of carbonyl (C=O) groups is 1. The first kappa shape index (κ1) is 16.5. The zero-order chi connectivity index (χ0) is 17.3. The van der Waals surface area contributed by atoms with Crippen molar-refractivity contribution in [3.63, 3.8) is 0 Å². The largest absolute Gasteiger partial charge is 0.348 e. The fraction of sp³-hybridized carbons (Fsp3) is 0.222. The number of para-hydroxylation sites is 2. The van der Waals surface area contributed by atoms with Crippen molar-refractivity contribution in [2.24, 2.45) is 7.05 Å². The molecule has 1 heterocycles. The highest BCUT2D eigenvalue weighted by Gasteiger charge is 2.16. The van der Waals surface area contributed by atoms with Crippen LogP contribution in [0.4, 0.5) is 0 Å². The molecule has 0 saturated heterocycles. The smallest absolute Gasteiger partial charge is 0.329 e. The van der Waals surface area contributed by atoms with Crippen molar-refractivity contribution < 1.29 is 4.79 Å². The van der Waals surface area contributed by atoms with Crippen LogP contribution in [0.15, 0.2) is 57.8 Å². The number of fused-ring (bicyclic) bond motifs is 1. The van der Waals surface area contributed by atoms with Crippen molar-refractivity contribution >= 4 is 32.9 Å². The average Bonchev–Trinajstić information content (AvgIpc) is 2.80. The number of imidazole rings is 1. The zero-order valence-electron chi connectivity index (χ0n) is 13.5. The lowest BCUT2D eigenvalue weighted by Crippen LogP contribution is -2.34. The summed E-state index contributed by atoms with van der Waals surface area (Å²) in [6, 6.07) is 15.1. The van der Waals surface area contributed by atoms with Gasteiger partial charge in [0.2, 0.25) is 5.91 Å². The van der Waals surface area contributed by atoms with Crippen molar-refractivity contribution in [3.8, 4) is 0 Å². The molecule has 0 radical (unpaired) electrons. The van der Waals surface area contributed by atoms with Crippen LogP contribution in [0.5, 0.6) is 0 Å². The van der Waals surface area contributed by atoms with Crippen LogP contribution in [0.1, 0.15) is 18.5 Å². The fourth-order valence-corrected chi connectivity index (χ4v) is 3.48. The van der Waals surface area contributed by atoms with E-state index in [1.807, 2.05) is 55.5 Å². The molecule has 0 bridgehead atoms. The summed E-state index contributed by atoms with van der Waals surface area (Å²) in [4.78, 5) is 24.8. The van der Waals surface area contributed by atoms with Crippen LogP contribution < -0.4 is 11.0 Å². The van der Waals surface area contributed by atoms with E-state index in [1.54, 1.807) is 11.6 Å². The van der Waals surface area contributed by atoms with E-state index in [0.29, 0.717) is 0 Å². The van der Waals surface area contributed by atoms with Crippen LogP contribution >= 0.6 is 15.9 Å². The third kappa shape index (κ3) is 3.01. The van der Waals surface area contributed by atoms with Gasteiger partial charge in [-0.1, -0.05) is 46.3 Å². The summed E-state index contributed by atoms with van der Waals surface area (Å²) >= 11 is 3.49. The van der Waals surface area contributed by atoms with Gasteiger partial charge in [0.15, 0.2) is 0 Å². The molecule has 0 fully saturated rings. The fourth-order valence-electron chi connectivity index (χ4n) is 2.85. The van der Waals surface area contributed by atoms with Gasteiger partial charge >= 0.3 is 5.69 Å². The predicted octanol–water partition coefficient (Wildman–Crippen LogP) is 2.98. The van der Waals surface area contributed by atoms with Crippen molar-refractivity contribution in [3.05, 3.63) is 69.1 Å². The molecule has 0 aliphatic carbocycles. The molecule has 1 atom stereocenters. The highest BCUT2D eigenvalue weighted by Crippen LogP contribution is 2.22. The first-order valence-electron chi connectivity index (χ1n) is 7.67. The first-order chi connectivity index (χ1) is 11.5. The Labute approximate surface area is 148 Å². The maximum Gasteiger partial charge on any atom is 0.329 e. The Morgan fingerprint density at radius 2 is 1.75 bits per heavy atom. The summed E-state index contributed by atoms with van der Waals surface area (Å²) in [5, 5.41) is 2.95. The number of aromatic nitrogens is 2. The highest BCUT2D eigenvalue weighted by molar-refractivity contribution is 9.10. The van der Waals surface area contributed by atoms with Crippen molar-refractivity contribution in [1.29, 1.82) is 0 Å². The number of aryl methyl sites for hydroxylation is 1. The summed E-state index contributed by atoms with van der Waals surface area (Å²) in [5.41, 5.74) is 2.37. The monoisotopic (exact) mass is 387 g/mol. The summed E-state index contributed by atoms with van der Waals surface area (Å²) in [6.07, 6.45) is 0. The molecule has 1 amide bonds. The van der Waals surface area contributed by atoms with Gasteiger partial charge in [-0.15, -0.1) is 0 Å². The Morgan fingerprint density at radius 3 is 2.46 bits per heavy atom. The molecule has 3 rings (SSSR count). The number of benzene rings is 2. The van der Waals surface area contributed by atoms with Crippen LogP contribution in [0.25, 0.3) is 11.0 Å². The molecular formula is C18H18BrN3O2. The minimum absolute atomic E-state index is 0.00498. The van der Waals surface area contributed by atoms with Gasteiger partial charge in [-0.05, 0) is 30.7 Å². The summed E-state index contributed by atoms with van der Waals surface area (Å²) in [5.74, 6) is -0.197. The van der Waals surface area contributed by atoms with Crippen molar-refractivity contribution in [2.75, 3.05) is 0 Å². The normalized spacial score (nSPS) is 12.3. The molecule has 2 aromatic carbocycles. The van der Waals surface area contributed by atoms with Gasteiger partial charge in [0.05, 0.1) is 17.1 Å². The number of hydrogen-bond donors (Lipinski definition) is 1. The average molecular weight is 388 g/mol. The summed E-state index contributed by atoms with van der Waals surface area (Å²) in [7, 11) is 1.71. The van der Waals surface area contributed by atoms with Crippen molar-refractivity contribution in [2.45, 2.75) is 19.5 Å². The lowest BCUT2D eigenvalue weighted by atomic mass is 10.1. The van der Waals surface area contributed by atoms with E-state index >= 15 is 0 Å². The van der Waals surface area contributed by atoms with E-state index in [2.05, 4.69) is 21.2 Å². The van der Waals surface area contributed by atoms with E-state index in [1.165, 1.54) is 4.57 Å². The number of nitrogens with zero attached hydrogens (tertiary/aromatic N) is 2. The standard InChI is InChI=1S/C18H18BrN3O2/c1-12(13-7-3-4-8-14(13)19)20-17(23)11-22-16-10-6-5-9-15(16)21(2)18(22)24/h3-10,12H,11H2,1-2H3,(H,20,23)/t12-/m1/s1. The molecular weight excluding hydrogens is 370 g/mol. The molecule has 0 aliphatic rings. The van der Waals surface area contributed by atoms with E-state index in [-0.39, 0.29) is 24.2 Å². The quantitative estimate of drug-likeness (QED) is 0.747. The Morgan fingerprint density at radius 1 is 1.12 bits per heavy atom. The topological polar surface area (TPSA) is 56.0 Å². The molecule has 0 unspecified atom stereocenters. The van der Waals surface area contributed by atoms with Gasteiger partial charge in [0.1, 0.15) is 6.54 Å². The van der Waals surface area contributed by atoms with E-state index in [4.69, 9.17) is 0 Å². The SMILES string of the molecule is C[C@@H](NC(=O)Cn1c(=O)n(C)c2ccccc21)c1ccccc1Br. The zero-order valence-corrected chi connectivity index (χ0v) is 15.1. The number of rotatable bonds is 4. The van der Waals surface area contributed by atoms with Gasteiger partial charge in [0, 0.05) is 11.5 Å². The van der Waals surface area contributed by atoms with Crippen LogP contribution in [0, 0.1) is 0 Å². The minimum Gasteiger partial charge on any atom is -0.348 e. The van der Waals surface area contributed by atoms with Gasteiger partial charge in [-0.3, -0.25) is 13.9 Å². The van der Waals surface area contributed by atoms with Crippen LogP contribution in [0.2, 0.25) is 0 Å². The van der Waals surface area contributed by atoms with Gasteiger partial charge < -0.3 is 5.32 Å². The lowest BCUT2D eigenvalue weighted by Gasteiger charge is -2.16. The van der Waals surface area contributed by atoms with E-state index < -0.39 is 0 Å². The lowest BCUT2D eigenvalue weighted by molar-refractivity contribution is -0.122. The highest BCUT2D eigenvalue weighted by atomic mass is 79.9. The Kier molecular flexibility index (Phi) is 4.57. The van der Waals surface area contributed by atoms with Gasteiger partial charge in [-0.25, -0.2) is 4.79 Å². The van der Waals surface area contributed by atoms with E-state index in [0.717, 1.165) is 21.1 Å². The van der Waals surface area contributed by atoms with E-state index in [9.17, 15) is 9.59 Å². The van der Waals surface area contributed by atoms with Gasteiger partial charge in [-0.2, -0.15) is 0 Å². The molecule has 0 aliphatic heterocycles. The maximum absolute atomic E-state index is 12.4. The number of halogens is 1. The number of amides is 1. The third-order valence-electron chi connectivity index (χ3n) is 4.10. The molecule has 3 aromatic rings. The third-order valence-corrected chi connectivity index (χ3v) is 4.82. The van der Waals surface area contributed by atoms with Gasteiger partial charge in [0.25, 0.3) is 0 Å². The second-order valence-electron chi connectivity index (χ2n) is 5.73. The molecule has 6 heteroatoms. The molecule has 1 aromatic heterocycles. The molecule has 5 nitrogen and oxygen atoms in total. The maximum atomic E-state index is 12.4. The van der Waals surface area contributed by atoms with Crippen LogP contribution in [0.3, 0.4) is 0 Å². The molecule has 0 saturated carbocycles. The van der Waals surface area contributed by atoms with Crippen molar-refractivity contribution in [1.82, 2.24) is 14.5 Å².